The number of carboxylic acids is 1. The lowest BCUT2D eigenvalue weighted by atomic mass is 9.78. The summed E-state index contributed by atoms with van der Waals surface area (Å²) in [4.78, 5) is 21.5. The Hall–Kier alpha value is -4.18. The highest BCUT2D eigenvalue weighted by Gasteiger charge is 2.35. The van der Waals surface area contributed by atoms with Crippen LogP contribution in [-0.2, 0) is 17.9 Å². The molecule has 2 atom stereocenters. The van der Waals surface area contributed by atoms with Crippen LogP contribution in [0.5, 0.6) is 5.75 Å². The average Bonchev–Trinajstić information content (AvgIpc) is 3.26. The van der Waals surface area contributed by atoms with Gasteiger partial charge in [-0.2, -0.15) is 5.26 Å². The minimum Gasteiger partial charge on any atom is -0.487 e. The number of imidazole rings is 1. The fourth-order valence-electron chi connectivity index (χ4n) is 5.00. The van der Waals surface area contributed by atoms with Gasteiger partial charge in [0.25, 0.3) is 0 Å². The molecule has 1 fully saturated rings. The van der Waals surface area contributed by atoms with Crippen LogP contribution in [0.2, 0.25) is 0 Å². The molecule has 0 bridgehead atoms. The van der Waals surface area contributed by atoms with Crippen LogP contribution >= 0.6 is 0 Å². The zero-order chi connectivity index (χ0) is 25.1. The Morgan fingerprint density at radius 3 is 2.55 bits per heavy atom. The van der Waals surface area contributed by atoms with E-state index in [1.165, 1.54) is 0 Å². The Labute approximate surface area is 224 Å². The summed E-state index contributed by atoms with van der Waals surface area (Å²) in [5.74, 6) is 0.155. The number of nitrogens with zero attached hydrogens (tertiary/aromatic N) is 4. The molecule has 0 spiro atoms. The molecular formula is C31H36N4O3. The molecule has 1 aliphatic rings. The van der Waals surface area contributed by atoms with Crippen LogP contribution in [0.3, 0.4) is 0 Å². The van der Waals surface area contributed by atoms with Gasteiger partial charge in [0.1, 0.15) is 18.2 Å². The fourth-order valence-corrected chi connectivity index (χ4v) is 5.00. The largest absolute Gasteiger partial charge is 0.487 e. The van der Waals surface area contributed by atoms with Crippen molar-refractivity contribution in [1.29, 1.82) is 5.26 Å². The van der Waals surface area contributed by atoms with Gasteiger partial charge in [0.2, 0.25) is 0 Å². The lowest BCUT2D eigenvalue weighted by molar-refractivity contribution is -0.143. The van der Waals surface area contributed by atoms with Gasteiger partial charge in [0.15, 0.2) is 0 Å². The molecule has 2 aromatic heterocycles. The Balaban J connectivity index is 0.00000200. The number of aryl methyl sites for hydroxylation is 1. The topological polar surface area (TPSA) is 101 Å². The molecule has 0 amide bonds. The van der Waals surface area contributed by atoms with Gasteiger partial charge in [-0.05, 0) is 61.2 Å². The molecule has 0 saturated heterocycles. The monoisotopic (exact) mass is 512 g/mol. The Kier molecular flexibility index (Phi) is 9.25. The van der Waals surface area contributed by atoms with Crippen molar-refractivity contribution in [3.63, 3.8) is 0 Å². The number of pyridine rings is 1. The van der Waals surface area contributed by atoms with E-state index in [1.54, 1.807) is 12.1 Å². The number of aromatic nitrogens is 3. The summed E-state index contributed by atoms with van der Waals surface area (Å²) < 4.78 is 8.18. The summed E-state index contributed by atoms with van der Waals surface area (Å²) in [6.07, 6.45) is 5.21. The van der Waals surface area contributed by atoms with E-state index >= 15 is 0 Å². The summed E-state index contributed by atoms with van der Waals surface area (Å²) in [6, 6.07) is 19.4. The summed E-state index contributed by atoms with van der Waals surface area (Å²) in [7, 11) is 0. The predicted molar refractivity (Wildman–Crippen MR) is 149 cm³/mol. The summed E-state index contributed by atoms with van der Waals surface area (Å²) in [5.41, 5.74) is 5.29. The van der Waals surface area contributed by atoms with E-state index in [-0.39, 0.29) is 20.8 Å². The first-order chi connectivity index (χ1) is 17.5. The summed E-state index contributed by atoms with van der Waals surface area (Å²) in [5, 5.41) is 19.1. The van der Waals surface area contributed by atoms with E-state index in [4.69, 9.17) is 15.0 Å². The van der Waals surface area contributed by atoms with Gasteiger partial charge in [-0.25, -0.2) is 4.98 Å². The van der Waals surface area contributed by atoms with Crippen LogP contribution in [0, 0.1) is 24.2 Å². The molecule has 2 heterocycles. The predicted octanol–water partition coefficient (Wildman–Crippen LogP) is 6.87. The SMILES string of the molecule is C.C.Cc1ccc(COc2ccc3nc(C4CCCC[C@H]4C(=O)O)n(Cc4ccc(C#N)cc4)c3c2)nc1. The first-order valence-electron chi connectivity index (χ1n) is 12.3. The molecule has 1 unspecified atom stereocenters. The molecule has 0 aliphatic heterocycles. The van der Waals surface area contributed by atoms with Gasteiger partial charge < -0.3 is 14.4 Å². The maximum Gasteiger partial charge on any atom is 0.307 e. The number of benzene rings is 2. The third kappa shape index (κ3) is 6.03. The van der Waals surface area contributed by atoms with Crippen LogP contribution in [0.15, 0.2) is 60.8 Å². The Bertz CT molecular complexity index is 1420. The third-order valence-corrected chi connectivity index (χ3v) is 6.95. The molecule has 4 aromatic rings. The second kappa shape index (κ2) is 12.4. The van der Waals surface area contributed by atoms with Crippen molar-refractivity contribution in [2.24, 2.45) is 5.92 Å². The molecule has 0 radical (unpaired) electrons. The first-order valence-corrected chi connectivity index (χ1v) is 12.3. The van der Waals surface area contributed by atoms with Gasteiger partial charge in [0, 0.05) is 24.7 Å². The second-order valence-electron chi connectivity index (χ2n) is 9.47. The quantitative estimate of drug-likeness (QED) is 0.290. The number of carbonyl (C=O) groups is 1. The number of fused-ring (bicyclic) bond motifs is 1. The van der Waals surface area contributed by atoms with E-state index in [9.17, 15) is 9.90 Å². The number of rotatable bonds is 7. The molecular weight excluding hydrogens is 476 g/mol. The van der Waals surface area contributed by atoms with Gasteiger partial charge in [-0.15, -0.1) is 0 Å². The van der Waals surface area contributed by atoms with E-state index in [2.05, 4.69) is 15.6 Å². The smallest absolute Gasteiger partial charge is 0.307 e. The zero-order valence-corrected chi connectivity index (χ0v) is 20.2. The summed E-state index contributed by atoms with van der Waals surface area (Å²) >= 11 is 0. The minimum absolute atomic E-state index is 0. The van der Waals surface area contributed by atoms with E-state index in [1.807, 2.05) is 55.6 Å². The minimum atomic E-state index is -0.758. The third-order valence-electron chi connectivity index (χ3n) is 6.95. The van der Waals surface area contributed by atoms with Crippen LogP contribution in [-0.4, -0.2) is 25.6 Å². The van der Waals surface area contributed by atoms with Crippen LogP contribution in [0.1, 0.15) is 74.7 Å². The van der Waals surface area contributed by atoms with E-state index in [0.717, 1.165) is 52.9 Å². The number of aliphatic carboxylic acids is 1. The normalized spacial score (nSPS) is 16.6. The van der Waals surface area contributed by atoms with Crippen molar-refractivity contribution >= 4 is 17.0 Å². The molecule has 1 aliphatic carbocycles. The molecule has 38 heavy (non-hydrogen) atoms. The van der Waals surface area contributed by atoms with Crippen molar-refractivity contribution < 1.29 is 14.6 Å². The molecule has 7 heteroatoms. The van der Waals surface area contributed by atoms with Crippen molar-refractivity contribution in [2.75, 3.05) is 0 Å². The molecule has 7 nitrogen and oxygen atoms in total. The van der Waals surface area contributed by atoms with Crippen LogP contribution in [0.25, 0.3) is 11.0 Å². The Morgan fingerprint density at radius 2 is 1.87 bits per heavy atom. The molecule has 1 N–H and O–H groups in total. The van der Waals surface area contributed by atoms with E-state index < -0.39 is 11.9 Å². The first kappa shape index (κ1) is 28.4. The maximum atomic E-state index is 12.1. The number of nitriles is 1. The van der Waals surface area contributed by atoms with Crippen LogP contribution < -0.4 is 4.74 Å². The lowest BCUT2D eigenvalue weighted by Crippen LogP contribution is -2.27. The number of hydrogen-bond acceptors (Lipinski definition) is 5. The van der Waals surface area contributed by atoms with E-state index in [0.29, 0.717) is 30.9 Å². The Morgan fingerprint density at radius 1 is 1.11 bits per heavy atom. The van der Waals surface area contributed by atoms with Crippen molar-refractivity contribution in [1.82, 2.24) is 14.5 Å². The zero-order valence-electron chi connectivity index (χ0n) is 20.2. The second-order valence-corrected chi connectivity index (χ2v) is 9.47. The fraction of sp³-hybridized carbons (Fsp3) is 0.355. The van der Waals surface area contributed by atoms with Crippen molar-refractivity contribution in [2.45, 2.75) is 66.5 Å². The highest BCUT2D eigenvalue weighted by molar-refractivity contribution is 5.79. The standard InChI is InChI=1S/C29H28N4O3.2CH4/c1-19-6-11-22(31-16-19)18-36-23-12-13-26-27(14-23)33(17-21-9-7-20(15-30)8-10-21)28(32-26)24-4-2-3-5-25(24)29(34)35;;/h6-14,16,24-25H,2-5,17-18H2,1H3,(H,34,35);2*1H4/t24?,25-;;/m1../s1. The average molecular weight is 513 g/mol. The highest BCUT2D eigenvalue weighted by atomic mass is 16.5. The van der Waals surface area contributed by atoms with Gasteiger partial charge in [-0.1, -0.05) is 45.9 Å². The highest BCUT2D eigenvalue weighted by Crippen LogP contribution is 2.39. The maximum absolute atomic E-state index is 12.1. The van der Waals surface area contributed by atoms with Crippen LogP contribution in [0.4, 0.5) is 0 Å². The number of carboxylic acid groups (broad SMARTS) is 1. The van der Waals surface area contributed by atoms with Crippen molar-refractivity contribution in [3.05, 3.63) is 89.0 Å². The van der Waals surface area contributed by atoms with Gasteiger partial charge in [-0.3, -0.25) is 9.78 Å². The molecule has 5 rings (SSSR count). The molecule has 2 aromatic carbocycles. The molecule has 198 valence electrons. The summed E-state index contributed by atoms with van der Waals surface area (Å²) in [6.45, 7) is 2.88. The molecule has 1 saturated carbocycles. The lowest BCUT2D eigenvalue weighted by Gasteiger charge is -2.28. The van der Waals surface area contributed by atoms with Crippen molar-refractivity contribution in [3.8, 4) is 11.8 Å². The van der Waals surface area contributed by atoms with Gasteiger partial charge in [0.05, 0.1) is 34.3 Å². The number of ether oxygens (including phenoxy) is 1. The number of hydrogen-bond donors (Lipinski definition) is 1. The van der Waals surface area contributed by atoms with Gasteiger partial charge >= 0.3 is 5.97 Å².